The van der Waals surface area contributed by atoms with Gasteiger partial charge in [-0.05, 0) is 54.3 Å². The topological polar surface area (TPSA) is 37.3 Å². The number of benzene rings is 2. The number of carboxylic acid groups (broad SMARTS) is 1. The Morgan fingerprint density at radius 3 is 2.39 bits per heavy atom. The zero-order chi connectivity index (χ0) is 13.3. The summed E-state index contributed by atoms with van der Waals surface area (Å²) in [5.74, 6) is -0.902. The van der Waals surface area contributed by atoms with E-state index in [2.05, 4.69) is 0 Å². The van der Waals surface area contributed by atoms with Gasteiger partial charge in [-0.25, -0.2) is 4.79 Å². The summed E-state index contributed by atoms with van der Waals surface area (Å²) in [4.78, 5) is 11.1. The largest absolute Gasteiger partial charge is 0.478 e. The van der Waals surface area contributed by atoms with Crippen LogP contribution in [0.4, 0.5) is 0 Å². The summed E-state index contributed by atoms with van der Waals surface area (Å²) in [7, 11) is 0. The lowest BCUT2D eigenvalue weighted by molar-refractivity contribution is 0.0696. The highest BCUT2D eigenvalue weighted by Crippen LogP contribution is 2.27. The number of rotatable bonds is 2. The van der Waals surface area contributed by atoms with Crippen molar-refractivity contribution >= 4 is 17.6 Å². The highest BCUT2D eigenvalue weighted by atomic mass is 35.5. The Kier molecular flexibility index (Phi) is 3.39. The van der Waals surface area contributed by atoms with Crippen LogP contribution in [-0.2, 0) is 0 Å². The molecule has 1 N–H and O–H groups in total. The summed E-state index contributed by atoms with van der Waals surface area (Å²) in [6.45, 7) is 3.75. The average molecular weight is 261 g/mol. The first-order chi connectivity index (χ1) is 8.49. The Balaban J connectivity index is 2.58. The summed E-state index contributed by atoms with van der Waals surface area (Å²) in [6, 6.07) is 11.0. The molecule has 0 saturated heterocycles. The minimum absolute atomic E-state index is 0.335. The van der Waals surface area contributed by atoms with Crippen molar-refractivity contribution in [3.8, 4) is 11.1 Å². The second kappa shape index (κ2) is 4.83. The van der Waals surface area contributed by atoms with Crippen molar-refractivity contribution in [1.82, 2.24) is 0 Å². The van der Waals surface area contributed by atoms with Crippen LogP contribution in [0.1, 0.15) is 21.5 Å². The van der Waals surface area contributed by atoms with Gasteiger partial charge >= 0.3 is 5.97 Å². The van der Waals surface area contributed by atoms with Crippen LogP contribution in [0, 0.1) is 13.8 Å². The summed E-state index contributed by atoms with van der Waals surface area (Å²) >= 11 is 5.92. The first-order valence-corrected chi connectivity index (χ1v) is 5.97. The molecule has 2 aromatic rings. The molecule has 3 heteroatoms. The van der Waals surface area contributed by atoms with Gasteiger partial charge < -0.3 is 5.11 Å². The van der Waals surface area contributed by atoms with Crippen LogP contribution in [0.25, 0.3) is 11.1 Å². The molecule has 2 nitrogen and oxygen atoms in total. The zero-order valence-electron chi connectivity index (χ0n) is 10.2. The number of carboxylic acids is 1. The van der Waals surface area contributed by atoms with Crippen molar-refractivity contribution in [2.45, 2.75) is 13.8 Å². The highest BCUT2D eigenvalue weighted by Gasteiger charge is 2.10. The highest BCUT2D eigenvalue weighted by molar-refractivity contribution is 6.30. The van der Waals surface area contributed by atoms with Crippen molar-refractivity contribution in [1.29, 1.82) is 0 Å². The van der Waals surface area contributed by atoms with E-state index in [0.717, 1.165) is 22.3 Å². The smallest absolute Gasteiger partial charge is 0.335 e. The Bertz CT molecular complexity index is 618. The Hall–Kier alpha value is -1.80. The fourth-order valence-corrected chi connectivity index (χ4v) is 2.20. The maximum absolute atomic E-state index is 11.1. The zero-order valence-corrected chi connectivity index (χ0v) is 11.0. The van der Waals surface area contributed by atoms with E-state index in [1.54, 1.807) is 13.0 Å². The monoisotopic (exact) mass is 260 g/mol. The van der Waals surface area contributed by atoms with E-state index < -0.39 is 5.97 Å². The molecule has 0 unspecified atom stereocenters. The molecule has 18 heavy (non-hydrogen) atoms. The van der Waals surface area contributed by atoms with Crippen molar-refractivity contribution in [3.05, 3.63) is 58.1 Å². The Morgan fingerprint density at radius 2 is 1.78 bits per heavy atom. The second-order valence-corrected chi connectivity index (χ2v) is 4.73. The molecule has 92 valence electrons. The predicted octanol–water partition coefficient (Wildman–Crippen LogP) is 4.32. The number of carbonyl (C=O) groups is 1. The van der Waals surface area contributed by atoms with E-state index in [1.807, 2.05) is 37.3 Å². The molecule has 0 spiro atoms. The molecule has 0 aliphatic rings. The number of halogens is 1. The van der Waals surface area contributed by atoms with E-state index in [1.165, 1.54) is 0 Å². The molecule has 0 atom stereocenters. The lowest BCUT2D eigenvalue weighted by atomic mass is 9.97. The first-order valence-electron chi connectivity index (χ1n) is 5.59. The third kappa shape index (κ3) is 2.39. The van der Waals surface area contributed by atoms with E-state index in [4.69, 9.17) is 16.7 Å². The van der Waals surface area contributed by atoms with Crippen molar-refractivity contribution in [2.24, 2.45) is 0 Å². The summed E-state index contributed by atoms with van der Waals surface area (Å²) in [5.41, 5.74) is 4.02. The van der Waals surface area contributed by atoms with Gasteiger partial charge in [-0.1, -0.05) is 29.8 Å². The SMILES string of the molecule is Cc1ccc(-c2ccc(Cl)cc2C)cc1C(=O)O. The quantitative estimate of drug-likeness (QED) is 0.873. The summed E-state index contributed by atoms with van der Waals surface area (Å²) in [5, 5.41) is 9.81. The van der Waals surface area contributed by atoms with Crippen LogP contribution in [0.15, 0.2) is 36.4 Å². The summed E-state index contributed by atoms with van der Waals surface area (Å²) in [6.07, 6.45) is 0. The maximum atomic E-state index is 11.1. The average Bonchev–Trinajstić information content (AvgIpc) is 2.30. The molecule has 0 aromatic heterocycles. The van der Waals surface area contributed by atoms with Crippen molar-refractivity contribution < 1.29 is 9.90 Å². The van der Waals surface area contributed by atoms with Gasteiger partial charge in [0.25, 0.3) is 0 Å². The molecule has 0 radical (unpaired) electrons. The molecular formula is C15H13ClO2. The van der Waals surface area contributed by atoms with Gasteiger partial charge in [0.2, 0.25) is 0 Å². The fraction of sp³-hybridized carbons (Fsp3) is 0.133. The van der Waals surface area contributed by atoms with Gasteiger partial charge in [-0.15, -0.1) is 0 Å². The number of hydrogen-bond donors (Lipinski definition) is 1. The molecular weight excluding hydrogens is 248 g/mol. The predicted molar refractivity (Wildman–Crippen MR) is 73.3 cm³/mol. The van der Waals surface area contributed by atoms with Gasteiger partial charge in [0.05, 0.1) is 5.56 Å². The van der Waals surface area contributed by atoms with Gasteiger partial charge in [0.15, 0.2) is 0 Å². The van der Waals surface area contributed by atoms with Crippen LogP contribution in [-0.4, -0.2) is 11.1 Å². The molecule has 0 saturated carbocycles. The third-order valence-electron chi connectivity index (χ3n) is 2.97. The van der Waals surface area contributed by atoms with Gasteiger partial charge in [-0.2, -0.15) is 0 Å². The molecule has 0 bridgehead atoms. The van der Waals surface area contributed by atoms with E-state index >= 15 is 0 Å². The molecule has 0 aliphatic heterocycles. The number of hydrogen-bond acceptors (Lipinski definition) is 1. The summed E-state index contributed by atoms with van der Waals surface area (Å²) < 4.78 is 0. The molecule has 2 rings (SSSR count). The minimum atomic E-state index is -0.902. The van der Waals surface area contributed by atoms with E-state index in [-0.39, 0.29) is 0 Å². The number of aryl methyl sites for hydroxylation is 2. The van der Waals surface area contributed by atoms with Gasteiger partial charge in [-0.3, -0.25) is 0 Å². The van der Waals surface area contributed by atoms with Crippen LogP contribution in [0.3, 0.4) is 0 Å². The van der Waals surface area contributed by atoms with Crippen molar-refractivity contribution in [2.75, 3.05) is 0 Å². The molecule has 2 aromatic carbocycles. The molecule has 0 heterocycles. The van der Waals surface area contributed by atoms with Crippen LogP contribution in [0.5, 0.6) is 0 Å². The van der Waals surface area contributed by atoms with Gasteiger partial charge in [0, 0.05) is 5.02 Å². The first kappa shape index (κ1) is 12.7. The molecule has 0 amide bonds. The number of aromatic carboxylic acids is 1. The molecule has 0 fully saturated rings. The van der Waals surface area contributed by atoms with Crippen LogP contribution in [0.2, 0.25) is 5.02 Å². The van der Waals surface area contributed by atoms with Gasteiger partial charge in [0.1, 0.15) is 0 Å². The normalized spacial score (nSPS) is 10.4. The second-order valence-electron chi connectivity index (χ2n) is 4.29. The minimum Gasteiger partial charge on any atom is -0.478 e. The van der Waals surface area contributed by atoms with E-state index in [0.29, 0.717) is 10.6 Å². The standard InChI is InChI=1S/C15H13ClO2/c1-9-3-4-11(8-14(9)15(17)18)13-6-5-12(16)7-10(13)2/h3-8H,1-2H3,(H,17,18). The Morgan fingerprint density at radius 1 is 1.06 bits per heavy atom. The van der Waals surface area contributed by atoms with Crippen LogP contribution >= 0.6 is 11.6 Å². The lowest BCUT2D eigenvalue weighted by Gasteiger charge is -2.09. The lowest BCUT2D eigenvalue weighted by Crippen LogP contribution is -2.00. The van der Waals surface area contributed by atoms with Crippen molar-refractivity contribution in [3.63, 3.8) is 0 Å². The fourth-order valence-electron chi connectivity index (χ4n) is 1.97. The van der Waals surface area contributed by atoms with E-state index in [9.17, 15) is 4.79 Å². The maximum Gasteiger partial charge on any atom is 0.335 e. The van der Waals surface area contributed by atoms with Crippen LogP contribution < -0.4 is 0 Å². The third-order valence-corrected chi connectivity index (χ3v) is 3.20. The Labute approximate surface area is 111 Å². The molecule has 0 aliphatic carbocycles.